The van der Waals surface area contributed by atoms with Gasteiger partial charge >= 0.3 is 6.18 Å². The van der Waals surface area contributed by atoms with Crippen molar-refractivity contribution in [2.24, 2.45) is 0 Å². The third-order valence-corrected chi connectivity index (χ3v) is 2.18. The zero-order valence-corrected chi connectivity index (χ0v) is 9.75. The summed E-state index contributed by atoms with van der Waals surface area (Å²) in [6, 6.07) is 3.51. The van der Waals surface area contributed by atoms with Crippen LogP contribution in [0.2, 0.25) is 0 Å². The number of alkyl halides is 3. The van der Waals surface area contributed by atoms with Crippen molar-refractivity contribution in [3.05, 3.63) is 33.9 Å². The topological polar surface area (TPSA) is 84.3 Å². The highest BCUT2D eigenvalue weighted by Crippen LogP contribution is 2.23. The molecule has 0 spiro atoms. The second-order valence-corrected chi connectivity index (χ2v) is 3.54. The van der Waals surface area contributed by atoms with Crippen LogP contribution in [-0.2, 0) is 0 Å². The number of hydrogen-bond donors (Lipinski definition) is 2. The maximum absolute atomic E-state index is 12.0. The zero-order valence-electron chi connectivity index (χ0n) is 9.75. The van der Waals surface area contributed by atoms with Crippen LogP contribution < -0.4 is 10.6 Å². The van der Waals surface area contributed by atoms with Gasteiger partial charge in [0.15, 0.2) is 0 Å². The predicted octanol–water partition coefficient (Wildman–Crippen LogP) is 1.93. The SMILES string of the molecule is CNc1ccc([N+](=O)[O-])c(C(=O)NCC(F)(F)F)c1. The molecule has 0 saturated carbocycles. The van der Waals surface area contributed by atoms with Crippen molar-refractivity contribution in [3.63, 3.8) is 0 Å². The van der Waals surface area contributed by atoms with Crippen LogP contribution in [0.1, 0.15) is 10.4 Å². The summed E-state index contributed by atoms with van der Waals surface area (Å²) in [5.74, 6) is -1.15. The first-order chi connectivity index (χ1) is 8.74. The molecule has 6 nitrogen and oxygen atoms in total. The Kier molecular flexibility index (Phi) is 4.30. The lowest BCUT2D eigenvalue weighted by Gasteiger charge is -2.09. The molecule has 2 N–H and O–H groups in total. The van der Waals surface area contributed by atoms with E-state index >= 15 is 0 Å². The van der Waals surface area contributed by atoms with Crippen LogP contribution in [0.5, 0.6) is 0 Å². The van der Waals surface area contributed by atoms with Crippen LogP contribution in [0.25, 0.3) is 0 Å². The van der Waals surface area contributed by atoms with Gasteiger partial charge in [-0.1, -0.05) is 0 Å². The van der Waals surface area contributed by atoms with Crippen LogP contribution in [0.3, 0.4) is 0 Å². The highest BCUT2D eigenvalue weighted by Gasteiger charge is 2.29. The molecule has 0 radical (unpaired) electrons. The van der Waals surface area contributed by atoms with Gasteiger partial charge in [0, 0.05) is 18.8 Å². The van der Waals surface area contributed by atoms with E-state index in [1.165, 1.54) is 13.1 Å². The second kappa shape index (κ2) is 5.55. The molecule has 104 valence electrons. The van der Waals surface area contributed by atoms with Crippen molar-refractivity contribution >= 4 is 17.3 Å². The van der Waals surface area contributed by atoms with E-state index < -0.39 is 34.8 Å². The number of nitro benzene ring substituents is 1. The molecule has 9 heteroatoms. The molecule has 1 aromatic carbocycles. The molecule has 0 aromatic heterocycles. The van der Waals surface area contributed by atoms with Crippen LogP contribution in [0.4, 0.5) is 24.5 Å². The number of benzene rings is 1. The van der Waals surface area contributed by atoms with Gasteiger partial charge in [-0.05, 0) is 12.1 Å². The zero-order chi connectivity index (χ0) is 14.6. The summed E-state index contributed by atoms with van der Waals surface area (Å²) < 4.78 is 35.9. The van der Waals surface area contributed by atoms with Gasteiger partial charge in [-0.2, -0.15) is 13.2 Å². The summed E-state index contributed by atoms with van der Waals surface area (Å²) in [5.41, 5.74) is -0.609. The normalized spacial score (nSPS) is 10.9. The number of amides is 1. The first-order valence-electron chi connectivity index (χ1n) is 5.05. The number of halogens is 3. The molecule has 0 heterocycles. The Labute approximate surface area is 105 Å². The van der Waals surface area contributed by atoms with Crippen LogP contribution >= 0.6 is 0 Å². The molecule has 0 unspecified atom stereocenters. The van der Waals surface area contributed by atoms with E-state index in [2.05, 4.69) is 5.32 Å². The Morgan fingerprint density at radius 2 is 2.05 bits per heavy atom. The molecule has 19 heavy (non-hydrogen) atoms. The molecule has 0 aliphatic heterocycles. The van der Waals surface area contributed by atoms with Gasteiger partial charge in [0.1, 0.15) is 12.1 Å². The number of nitro groups is 1. The maximum atomic E-state index is 12.0. The van der Waals surface area contributed by atoms with E-state index in [1.54, 1.807) is 5.32 Å². The largest absolute Gasteiger partial charge is 0.405 e. The van der Waals surface area contributed by atoms with Crippen molar-refractivity contribution in [2.75, 3.05) is 18.9 Å². The first-order valence-corrected chi connectivity index (χ1v) is 5.05. The first kappa shape index (κ1) is 14.7. The van der Waals surface area contributed by atoms with E-state index in [0.717, 1.165) is 12.1 Å². The van der Waals surface area contributed by atoms with Gasteiger partial charge < -0.3 is 10.6 Å². The van der Waals surface area contributed by atoms with Gasteiger partial charge in [-0.15, -0.1) is 0 Å². The summed E-state index contributed by atoms with van der Waals surface area (Å²) in [7, 11) is 1.51. The highest BCUT2D eigenvalue weighted by atomic mass is 19.4. The fraction of sp³-hybridized carbons (Fsp3) is 0.300. The highest BCUT2D eigenvalue weighted by molar-refractivity contribution is 5.99. The number of carbonyl (C=O) groups is 1. The lowest BCUT2D eigenvalue weighted by Crippen LogP contribution is -2.34. The molecule has 0 fully saturated rings. The average molecular weight is 277 g/mol. The van der Waals surface area contributed by atoms with Crippen molar-refractivity contribution in [1.29, 1.82) is 0 Å². The van der Waals surface area contributed by atoms with Gasteiger partial charge in [0.25, 0.3) is 11.6 Å². The quantitative estimate of drug-likeness (QED) is 0.650. The van der Waals surface area contributed by atoms with Gasteiger partial charge in [0.05, 0.1) is 4.92 Å². The molecular weight excluding hydrogens is 267 g/mol. The lowest BCUT2D eigenvalue weighted by molar-refractivity contribution is -0.385. The molecule has 0 atom stereocenters. The lowest BCUT2D eigenvalue weighted by atomic mass is 10.1. The number of carbonyl (C=O) groups excluding carboxylic acids is 1. The number of anilines is 1. The number of nitrogens with one attached hydrogen (secondary N) is 2. The Morgan fingerprint density at radius 3 is 2.53 bits per heavy atom. The maximum Gasteiger partial charge on any atom is 0.405 e. The second-order valence-electron chi connectivity index (χ2n) is 3.54. The van der Waals surface area contributed by atoms with Crippen LogP contribution in [-0.4, -0.2) is 30.6 Å². The van der Waals surface area contributed by atoms with E-state index in [9.17, 15) is 28.1 Å². The van der Waals surface area contributed by atoms with Crippen LogP contribution in [0.15, 0.2) is 18.2 Å². The Morgan fingerprint density at radius 1 is 1.42 bits per heavy atom. The van der Waals surface area contributed by atoms with Gasteiger partial charge in [-0.25, -0.2) is 0 Å². The van der Waals surface area contributed by atoms with E-state index in [4.69, 9.17) is 0 Å². The summed E-state index contributed by atoms with van der Waals surface area (Å²) in [6.07, 6.45) is -4.58. The minimum absolute atomic E-state index is 0.378. The molecule has 0 saturated heterocycles. The predicted molar refractivity (Wildman–Crippen MR) is 61.0 cm³/mol. The Bertz CT molecular complexity index is 503. The van der Waals surface area contributed by atoms with Crippen molar-refractivity contribution in [2.45, 2.75) is 6.18 Å². The smallest absolute Gasteiger partial charge is 0.388 e. The van der Waals surface area contributed by atoms with E-state index in [1.807, 2.05) is 0 Å². The van der Waals surface area contributed by atoms with E-state index in [0.29, 0.717) is 5.69 Å². The molecule has 0 bridgehead atoms. The Hall–Kier alpha value is -2.32. The third kappa shape index (κ3) is 4.12. The van der Waals surface area contributed by atoms with Gasteiger partial charge in [-0.3, -0.25) is 14.9 Å². The fourth-order valence-electron chi connectivity index (χ4n) is 1.31. The van der Waals surface area contributed by atoms with Crippen molar-refractivity contribution in [3.8, 4) is 0 Å². The average Bonchev–Trinajstić information content (AvgIpc) is 2.34. The summed E-state index contributed by atoms with van der Waals surface area (Å²) in [5, 5.41) is 14.9. The molecule has 0 aliphatic rings. The number of rotatable bonds is 4. The summed E-state index contributed by atoms with van der Waals surface area (Å²) in [4.78, 5) is 21.4. The number of nitrogens with zero attached hydrogens (tertiary/aromatic N) is 1. The summed E-state index contributed by atoms with van der Waals surface area (Å²) in [6.45, 7) is -1.55. The minimum atomic E-state index is -4.58. The van der Waals surface area contributed by atoms with Crippen LogP contribution in [0, 0.1) is 10.1 Å². The summed E-state index contributed by atoms with van der Waals surface area (Å²) >= 11 is 0. The number of hydrogen-bond acceptors (Lipinski definition) is 4. The monoisotopic (exact) mass is 277 g/mol. The van der Waals surface area contributed by atoms with Crippen molar-refractivity contribution in [1.82, 2.24) is 5.32 Å². The van der Waals surface area contributed by atoms with Gasteiger partial charge in [0.2, 0.25) is 0 Å². The molecule has 0 aliphatic carbocycles. The van der Waals surface area contributed by atoms with E-state index in [-0.39, 0.29) is 0 Å². The molecule has 1 aromatic rings. The van der Waals surface area contributed by atoms with Crippen molar-refractivity contribution < 1.29 is 22.9 Å². The third-order valence-electron chi connectivity index (χ3n) is 2.18. The molecule has 1 rings (SSSR count). The molecular formula is C10H10F3N3O3. The Balaban J connectivity index is 3.02. The minimum Gasteiger partial charge on any atom is -0.388 e. The standard InChI is InChI=1S/C10H10F3N3O3/c1-14-6-2-3-8(16(18)19)7(4-6)9(17)15-5-10(11,12)13/h2-4,14H,5H2,1H3,(H,15,17). The molecule has 1 amide bonds. The fourth-order valence-corrected chi connectivity index (χ4v) is 1.31.